The average molecular weight is 422 g/mol. The van der Waals surface area contributed by atoms with E-state index in [4.69, 9.17) is 9.47 Å². The van der Waals surface area contributed by atoms with Crippen molar-refractivity contribution in [3.05, 3.63) is 59.8 Å². The molecule has 1 aromatic heterocycles. The molecule has 0 atom stereocenters. The molecular weight excluding hydrogens is 390 g/mol. The Morgan fingerprint density at radius 1 is 1.03 bits per heavy atom. The Balaban J connectivity index is 1.30. The summed E-state index contributed by atoms with van der Waals surface area (Å²) in [6.45, 7) is 3.31. The summed E-state index contributed by atoms with van der Waals surface area (Å²) in [6, 6.07) is 14.0. The molecule has 6 nitrogen and oxygen atoms in total. The summed E-state index contributed by atoms with van der Waals surface area (Å²) in [6.07, 6.45) is 3.99. The number of ether oxygens (including phenoxy) is 2. The maximum absolute atomic E-state index is 12.6. The number of rotatable bonds is 7. The standard InChI is InChI=1S/C25H31N3O3/c1-27-16-20(23-14-22(31-3)8-9-24(23)27)17-28-12-10-19(11-13-28)25(29)26-15-18-4-6-21(30-2)7-5-18/h4-9,14,16,19H,10-13,15,17H2,1-3H3,(H,26,29). The number of carbonyl (C=O) groups excluding carboxylic acids is 1. The third-order valence-corrected chi connectivity index (χ3v) is 6.26. The SMILES string of the molecule is COc1ccc(CNC(=O)C2CCN(Cc3cn(C)c4ccc(OC)cc34)CC2)cc1. The van der Waals surface area contributed by atoms with E-state index in [1.165, 1.54) is 16.5 Å². The summed E-state index contributed by atoms with van der Waals surface area (Å²) < 4.78 is 12.8. The fraction of sp³-hybridized carbons (Fsp3) is 0.400. The van der Waals surface area contributed by atoms with Gasteiger partial charge in [-0.15, -0.1) is 0 Å². The zero-order chi connectivity index (χ0) is 21.8. The third-order valence-electron chi connectivity index (χ3n) is 6.26. The van der Waals surface area contributed by atoms with Crippen molar-refractivity contribution in [1.29, 1.82) is 0 Å². The number of aryl methyl sites for hydroxylation is 1. The molecular formula is C25H31N3O3. The molecule has 2 heterocycles. The number of amides is 1. The minimum absolute atomic E-state index is 0.0853. The Morgan fingerprint density at radius 3 is 2.39 bits per heavy atom. The van der Waals surface area contributed by atoms with Gasteiger partial charge in [0.05, 0.1) is 14.2 Å². The van der Waals surface area contributed by atoms with Crippen LogP contribution in [0, 0.1) is 5.92 Å². The molecule has 31 heavy (non-hydrogen) atoms. The van der Waals surface area contributed by atoms with E-state index >= 15 is 0 Å². The Labute approximate surface area is 183 Å². The molecule has 1 fully saturated rings. The van der Waals surface area contributed by atoms with Crippen molar-refractivity contribution in [2.24, 2.45) is 13.0 Å². The number of likely N-dealkylation sites (tertiary alicyclic amines) is 1. The van der Waals surface area contributed by atoms with Gasteiger partial charge in [-0.3, -0.25) is 9.69 Å². The van der Waals surface area contributed by atoms with Crippen molar-refractivity contribution in [2.45, 2.75) is 25.9 Å². The molecule has 1 N–H and O–H groups in total. The van der Waals surface area contributed by atoms with Crippen molar-refractivity contribution in [3.8, 4) is 11.5 Å². The van der Waals surface area contributed by atoms with Crippen LogP contribution in [-0.2, 0) is 24.9 Å². The van der Waals surface area contributed by atoms with E-state index in [9.17, 15) is 4.79 Å². The van der Waals surface area contributed by atoms with E-state index in [0.29, 0.717) is 6.54 Å². The van der Waals surface area contributed by atoms with Crippen molar-refractivity contribution in [2.75, 3.05) is 27.3 Å². The number of methoxy groups -OCH3 is 2. The first-order chi connectivity index (χ1) is 15.1. The van der Waals surface area contributed by atoms with Crippen molar-refractivity contribution in [3.63, 3.8) is 0 Å². The number of benzene rings is 2. The minimum atomic E-state index is 0.0853. The number of nitrogens with one attached hydrogen (secondary N) is 1. The topological polar surface area (TPSA) is 55.7 Å². The van der Waals surface area contributed by atoms with Crippen molar-refractivity contribution in [1.82, 2.24) is 14.8 Å². The lowest BCUT2D eigenvalue weighted by molar-refractivity contribution is -0.126. The lowest BCUT2D eigenvalue weighted by Crippen LogP contribution is -2.40. The molecule has 4 rings (SSSR count). The van der Waals surface area contributed by atoms with Crippen molar-refractivity contribution >= 4 is 16.8 Å². The van der Waals surface area contributed by atoms with Crippen LogP contribution in [0.4, 0.5) is 0 Å². The molecule has 1 aliphatic rings. The molecule has 0 aliphatic carbocycles. The quantitative estimate of drug-likeness (QED) is 0.632. The summed E-state index contributed by atoms with van der Waals surface area (Å²) in [4.78, 5) is 15.1. The third kappa shape index (κ3) is 4.85. The average Bonchev–Trinajstić information content (AvgIpc) is 3.12. The van der Waals surface area contributed by atoms with Gasteiger partial charge in [0.1, 0.15) is 11.5 Å². The Kier molecular flexibility index (Phi) is 6.47. The van der Waals surface area contributed by atoms with Crippen LogP contribution in [0.1, 0.15) is 24.0 Å². The zero-order valence-electron chi connectivity index (χ0n) is 18.6. The van der Waals surface area contributed by atoms with E-state index in [1.54, 1.807) is 14.2 Å². The number of nitrogens with zero attached hydrogens (tertiary/aromatic N) is 2. The van der Waals surface area contributed by atoms with Crippen LogP contribution in [0.25, 0.3) is 10.9 Å². The first kappa shape index (κ1) is 21.2. The molecule has 0 unspecified atom stereocenters. The van der Waals surface area contributed by atoms with Crippen LogP contribution >= 0.6 is 0 Å². The highest BCUT2D eigenvalue weighted by Crippen LogP contribution is 2.28. The summed E-state index contributed by atoms with van der Waals surface area (Å²) in [5.41, 5.74) is 3.60. The van der Waals surface area contributed by atoms with Gasteiger partial charge < -0.3 is 19.4 Å². The van der Waals surface area contributed by atoms with Crippen LogP contribution in [0.15, 0.2) is 48.7 Å². The normalized spacial score (nSPS) is 15.2. The van der Waals surface area contributed by atoms with Crippen LogP contribution in [0.5, 0.6) is 11.5 Å². The van der Waals surface area contributed by atoms with Crippen LogP contribution in [0.3, 0.4) is 0 Å². The number of fused-ring (bicyclic) bond motifs is 1. The highest BCUT2D eigenvalue weighted by Gasteiger charge is 2.25. The monoisotopic (exact) mass is 421 g/mol. The van der Waals surface area contributed by atoms with Gasteiger partial charge >= 0.3 is 0 Å². The van der Waals surface area contributed by atoms with Gasteiger partial charge in [0, 0.05) is 43.2 Å². The maximum atomic E-state index is 12.6. The zero-order valence-corrected chi connectivity index (χ0v) is 18.6. The molecule has 1 saturated heterocycles. The summed E-state index contributed by atoms with van der Waals surface area (Å²) in [5, 5.41) is 4.33. The number of piperidine rings is 1. The summed E-state index contributed by atoms with van der Waals surface area (Å²) in [7, 11) is 5.44. The molecule has 1 aliphatic heterocycles. The van der Waals surface area contributed by atoms with Crippen LogP contribution < -0.4 is 14.8 Å². The Bertz CT molecular complexity index is 1030. The maximum Gasteiger partial charge on any atom is 0.223 e. The van der Waals surface area contributed by atoms with E-state index in [0.717, 1.165) is 49.5 Å². The molecule has 1 amide bonds. The van der Waals surface area contributed by atoms with Gasteiger partial charge in [0.25, 0.3) is 0 Å². The number of aromatic nitrogens is 1. The Hall–Kier alpha value is -2.99. The molecule has 164 valence electrons. The molecule has 2 aromatic carbocycles. The molecule has 0 bridgehead atoms. The second-order valence-corrected chi connectivity index (χ2v) is 8.26. The number of hydrogen-bond acceptors (Lipinski definition) is 4. The highest BCUT2D eigenvalue weighted by atomic mass is 16.5. The molecule has 3 aromatic rings. The van der Waals surface area contributed by atoms with E-state index < -0.39 is 0 Å². The molecule has 0 radical (unpaired) electrons. The minimum Gasteiger partial charge on any atom is -0.497 e. The predicted octanol–water partition coefficient (Wildman–Crippen LogP) is 3.72. The van der Waals surface area contributed by atoms with E-state index in [2.05, 4.69) is 40.2 Å². The predicted molar refractivity (Wildman–Crippen MR) is 122 cm³/mol. The molecule has 0 saturated carbocycles. The number of hydrogen-bond donors (Lipinski definition) is 1. The smallest absolute Gasteiger partial charge is 0.223 e. The fourth-order valence-corrected chi connectivity index (χ4v) is 4.38. The lowest BCUT2D eigenvalue weighted by atomic mass is 9.95. The van der Waals surface area contributed by atoms with Gasteiger partial charge in [0.2, 0.25) is 5.91 Å². The summed E-state index contributed by atoms with van der Waals surface area (Å²) in [5.74, 6) is 1.95. The number of carbonyl (C=O) groups is 1. The van der Waals surface area contributed by atoms with Crippen LogP contribution in [-0.4, -0.2) is 42.7 Å². The first-order valence-corrected chi connectivity index (χ1v) is 10.8. The fourth-order valence-electron chi connectivity index (χ4n) is 4.38. The molecule has 0 spiro atoms. The van der Waals surface area contributed by atoms with Crippen LogP contribution in [0.2, 0.25) is 0 Å². The first-order valence-electron chi connectivity index (χ1n) is 10.8. The van der Waals surface area contributed by atoms with Gasteiger partial charge in [-0.05, 0) is 67.4 Å². The lowest BCUT2D eigenvalue weighted by Gasteiger charge is -2.31. The van der Waals surface area contributed by atoms with Gasteiger partial charge in [0.15, 0.2) is 0 Å². The summed E-state index contributed by atoms with van der Waals surface area (Å²) >= 11 is 0. The molecule has 6 heteroatoms. The highest BCUT2D eigenvalue weighted by molar-refractivity contribution is 5.85. The van der Waals surface area contributed by atoms with Gasteiger partial charge in [-0.1, -0.05) is 12.1 Å². The second kappa shape index (κ2) is 9.43. The van der Waals surface area contributed by atoms with Crippen molar-refractivity contribution < 1.29 is 14.3 Å². The second-order valence-electron chi connectivity index (χ2n) is 8.26. The van der Waals surface area contributed by atoms with E-state index in [1.807, 2.05) is 30.3 Å². The van der Waals surface area contributed by atoms with E-state index in [-0.39, 0.29) is 11.8 Å². The largest absolute Gasteiger partial charge is 0.497 e. The van der Waals surface area contributed by atoms with Gasteiger partial charge in [-0.2, -0.15) is 0 Å². The van der Waals surface area contributed by atoms with Gasteiger partial charge in [-0.25, -0.2) is 0 Å². The Morgan fingerprint density at radius 2 is 1.71 bits per heavy atom.